The summed E-state index contributed by atoms with van der Waals surface area (Å²) < 4.78 is 37.6. The lowest BCUT2D eigenvalue weighted by atomic mass is 10.0. The molecule has 0 aliphatic heterocycles. The summed E-state index contributed by atoms with van der Waals surface area (Å²) in [7, 11) is 2.03. The van der Waals surface area contributed by atoms with Gasteiger partial charge in [0.1, 0.15) is 0 Å². The third-order valence-electron chi connectivity index (χ3n) is 4.22. The van der Waals surface area contributed by atoms with Gasteiger partial charge in [0.25, 0.3) is 0 Å². The number of nitrogens with zero attached hydrogens (tertiary/aromatic N) is 1. The maximum Gasteiger partial charge on any atom is 0.416 e. The molecule has 2 N–H and O–H groups in total. The molecule has 1 unspecified atom stereocenters. The van der Waals surface area contributed by atoms with E-state index in [4.69, 9.17) is 5.73 Å². The molecule has 1 aromatic rings. The molecule has 1 fully saturated rings. The van der Waals surface area contributed by atoms with Gasteiger partial charge in [-0.2, -0.15) is 13.2 Å². The zero-order valence-electron chi connectivity index (χ0n) is 12.4. The maximum atomic E-state index is 12.5. The average Bonchev–Trinajstić information content (AvgIpc) is 2.90. The van der Waals surface area contributed by atoms with Crippen molar-refractivity contribution >= 4 is 0 Å². The molecule has 5 heteroatoms. The number of hydrogen-bond donors (Lipinski definition) is 1. The van der Waals surface area contributed by atoms with Gasteiger partial charge in [0.05, 0.1) is 5.56 Å². The lowest BCUT2D eigenvalue weighted by Crippen LogP contribution is -2.32. The molecule has 0 aromatic heterocycles. The van der Waals surface area contributed by atoms with Crippen molar-refractivity contribution < 1.29 is 13.2 Å². The second-order valence-corrected chi connectivity index (χ2v) is 6.10. The van der Waals surface area contributed by atoms with E-state index in [9.17, 15) is 13.2 Å². The third kappa shape index (κ3) is 4.71. The van der Waals surface area contributed by atoms with Crippen LogP contribution in [0.1, 0.15) is 42.9 Å². The smallest absolute Gasteiger partial charge is 0.323 e. The van der Waals surface area contributed by atoms with Crippen LogP contribution in [0.2, 0.25) is 0 Å². The van der Waals surface area contributed by atoms with E-state index < -0.39 is 11.7 Å². The fourth-order valence-corrected chi connectivity index (χ4v) is 3.07. The Morgan fingerprint density at radius 2 is 1.76 bits per heavy atom. The van der Waals surface area contributed by atoms with E-state index in [1.165, 1.54) is 37.8 Å². The number of hydrogen-bond acceptors (Lipinski definition) is 2. The minimum absolute atomic E-state index is 0.251. The summed E-state index contributed by atoms with van der Waals surface area (Å²) in [6.07, 6.45) is 0.883. The summed E-state index contributed by atoms with van der Waals surface area (Å²) in [5, 5.41) is 0. The molecule has 2 rings (SSSR count). The predicted octanol–water partition coefficient (Wildman–Crippen LogP) is 3.83. The highest BCUT2D eigenvalue weighted by Gasteiger charge is 2.30. The Morgan fingerprint density at radius 1 is 1.19 bits per heavy atom. The van der Waals surface area contributed by atoms with Gasteiger partial charge in [-0.15, -0.1) is 0 Å². The highest BCUT2D eigenvalue weighted by Crippen LogP contribution is 2.30. The molecule has 0 spiro atoms. The Balaban J connectivity index is 1.88. The normalized spacial score (nSPS) is 18.4. The Bertz CT molecular complexity index is 436. The topological polar surface area (TPSA) is 29.3 Å². The molecule has 0 heterocycles. The predicted molar refractivity (Wildman–Crippen MR) is 77.8 cm³/mol. The number of benzene rings is 1. The van der Waals surface area contributed by atoms with Crippen LogP contribution in [0.25, 0.3) is 0 Å². The number of rotatable bonds is 5. The van der Waals surface area contributed by atoms with Crippen LogP contribution < -0.4 is 5.73 Å². The summed E-state index contributed by atoms with van der Waals surface area (Å²) in [6.45, 7) is 1.69. The van der Waals surface area contributed by atoms with Gasteiger partial charge in [0.2, 0.25) is 0 Å². The molecular formula is C16H23F3N2. The van der Waals surface area contributed by atoms with Crippen molar-refractivity contribution in [2.24, 2.45) is 11.7 Å². The summed E-state index contributed by atoms with van der Waals surface area (Å²) in [5.41, 5.74) is 6.23. The van der Waals surface area contributed by atoms with Crippen molar-refractivity contribution in [3.63, 3.8) is 0 Å². The summed E-state index contributed by atoms with van der Waals surface area (Å²) in [6, 6.07) is 4.92. The van der Waals surface area contributed by atoms with Crippen LogP contribution in [-0.4, -0.2) is 25.0 Å². The van der Waals surface area contributed by atoms with Crippen molar-refractivity contribution in [1.82, 2.24) is 4.90 Å². The average molecular weight is 300 g/mol. The first-order chi connectivity index (χ1) is 9.86. The van der Waals surface area contributed by atoms with Gasteiger partial charge in [0, 0.05) is 19.1 Å². The van der Waals surface area contributed by atoms with E-state index in [-0.39, 0.29) is 6.04 Å². The minimum Gasteiger partial charge on any atom is -0.323 e. The highest BCUT2D eigenvalue weighted by atomic mass is 19.4. The summed E-state index contributed by atoms with van der Waals surface area (Å²) in [5.74, 6) is 0.745. The second kappa shape index (κ2) is 6.79. The summed E-state index contributed by atoms with van der Waals surface area (Å²) in [4.78, 5) is 2.19. The molecule has 2 nitrogen and oxygen atoms in total. The highest BCUT2D eigenvalue weighted by molar-refractivity contribution is 5.26. The van der Waals surface area contributed by atoms with Crippen molar-refractivity contribution in [3.05, 3.63) is 35.4 Å². The van der Waals surface area contributed by atoms with Crippen LogP contribution >= 0.6 is 0 Å². The lowest BCUT2D eigenvalue weighted by Gasteiger charge is -2.24. The van der Waals surface area contributed by atoms with Gasteiger partial charge in [-0.3, -0.25) is 0 Å². The largest absolute Gasteiger partial charge is 0.416 e. The monoisotopic (exact) mass is 300 g/mol. The molecule has 0 radical (unpaired) electrons. The third-order valence-corrected chi connectivity index (χ3v) is 4.22. The second-order valence-electron chi connectivity index (χ2n) is 6.10. The van der Waals surface area contributed by atoms with E-state index in [2.05, 4.69) is 4.90 Å². The molecule has 1 aliphatic rings. The fourth-order valence-electron chi connectivity index (χ4n) is 3.07. The van der Waals surface area contributed by atoms with Crippen molar-refractivity contribution in [1.29, 1.82) is 0 Å². The van der Waals surface area contributed by atoms with Gasteiger partial charge in [0.15, 0.2) is 0 Å². The van der Waals surface area contributed by atoms with Crippen LogP contribution in [0.4, 0.5) is 13.2 Å². The molecule has 0 bridgehead atoms. The van der Waals surface area contributed by atoms with E-state index >= 15 is 0 Å². The maximum absolute atomic E-state index is 12.5. The zero-order valence-corrected chi connectivity index (χ0v) is 12.4. The van der Waals surface area contributed by atoms with Crippen molar-refractivity contribution in [2.75, 3.05) is 20.1 Å². The molecule has 0 amide bonds. The van der Waals surface area contributed by atoms with E-state index in [1.807, 2.05) is 7.05 Å². The fraction of sp³-hybridized carbons (Fsp3) is 0.625. The van der Waals surface area contributed by atoms with Crippen LogP contribution in [0.5, 0.6) is 0 Å². The van der Waals surface area contributed by atoms with Crippen LogP contribution in [0, 0.1) is 5.92 Å². The number of likely N-dealkylation sites (N-methyl/N-ethyl adjacent to an activating group) is 1. The first-order valence-corrected chi connectivity index (χ1v) is 7.47. The Kier molecular flexibility index (Phi) is 5.27. The molecule has 21 heavy (non-hydrogen) atoms. The van der Waals surface area contributed by atoms with Crippen LogP contribution in [-0.2, 0) is 6.18 Å². The van der Waals surface area contributed by atoms with Gasteiger partial charge < -0.3 is 10.6 Å². The SMILES string of the molecule is CN(CC1CCCC1)CC(N)c1ccc(C(F)(F)F)cc1. The Hall–Kier alpha value is -1.07. The first-order valence-electron chi connectivity index (χ1n) is 7.47. The lowest BCUT2D eigenvalue weighted by molar-refractivity contribution is -0.137. The molecule has 1 saturated carbocycles. The standard InChI is InChI=1S/C16H23F3N2/c1-21(10-12-4-2-3-5-12)11-15(20)13-6-8-14(9-7-13)16(17,18)19/h6-9,12,15H,2-5,10-11,20H2,1H3. The Labute approximate surface area is 124 Å². The van der Waals surface area contributed by atoms with Crippen LogP contribution in [0.15, 0.2) is 24.3 Å². The Morgan fingerprint density at radius 3 is 2.29 bits per heavy atom. The number of nitrogens with two attached hydrogens (primary N) is 1. The molecule has 0 saturated heterocycles. The van der Waals surface area contributed by atoms with Crippen LogP contribution in [0.3, 0.4) is 0 Å². The van der Waals surface area contributed by atoms with Gasteiger partial charge in [-0.1, -0.05) is 25.0 Å². The number of halogens is 3. The molecule has 118 valence electrons. The van der Waals surface area contributed by atoms with E-state index in [1.54, 1.807) is 0 Å². The van der Waals surface area contributed by atoms with E-state index in [0.717, 1.165) is 30.2 Å². The van der Waals surface area contributed by atoms with E-state index in [0.29, 0.717) is 6.54 Å². The quantitative estimate of drug-likeness (QED) is 0.895. The van der Waals surface area contributed by atoms with Crippen molar-refractivity contribution in [3.8, 4) is 0 Å². The van der Waals surface area contributed by atoms with Crippen molar-refractivity contribution in [2.45, 2.75) is 37.9 Å². The minimum atomic E-state index is -4.29. The zero-order chi connectivity index (χ0) is 15.5. The molecule has 1 aliphatic carbocycles. The molecular weight excluding hydrogens is 277 g/mol. The van der Waals surface area contributed by atoms with Gasteiger partial charge in [-0.25, -0.2) is 0 Å². The van der Waals surface area contributed by atoms with Gasteiger partial charge >= 0.3 is 6.18 Å². The summed E-state index contributed by atoms with van der Waals surface area (Å²) >= 11 is 0. The molecule has 1 atom stereocenters. The molecule has 1 aromatic carbocycles. The number of alkyl halides is 3. The first kappa shape index (κ1) is 16.3. The van der Waals surface area contributed by atoms with Gasteiger partial charge in [-0.05, 0) is 43.5 Å².